The largest absolute Gasteiger partial charge is 0.481 e. The van der Waals surface area contributed by atoms with Crippen LogP contribution < -0.4 is 5.32 Å². The van der Waals surface area contributed by atoms with E-state index in [0.717, 1.165) is 18.1 Å². The first-order chi connectivity index (χ1) is 7.65. The fraction of sp³-hybridized carbons (Fsp3) is 0.800. The fourth-order valence-electron chi connectivity index (χ4n) is 1.60. The number of hydrogen-bond donors (Lipinski definition) is 2. The van der Waals surface area contributed by atoms with Crippen LogP contribution in [0.4, 0.5) is 0 Å². The maximum Gasteiger partial charge on any atom is 0.305 e. The highest BCUT2D eigenvalue weighted by atomic mass is 32.2. The van der Waals surface area contributed by atoms with Crippen molar-refractivity contribution in [3.05, 3.63) is 0 Å². The molecule has 1 aliphatic heterocycles. The lowest BCUT2D eigenvalue weighted by atomic mass is 10.2. The summed E-state index contributed by atoms with van der Waals surface area (Å²) in [5.74, 6) is 0.973. The van der Waals surface area contributed by atoms with Gasteiger partial charge in [0.05, 0.1) is 12.5 Å². The number of amides is 1. The molecule has 1 heterocycles. The SMILES string of the molecule is CCN(CCC(=O)O)C(=O)C1CSCCN1. The maximum absolute atomic E-state index is 12.0. The Hall–Kier alpha value is -0.750. The van der Waals surface area contributed by atoms with Gasteiger partial charge in [-0.1, -0.05) is 0 Å². The zero-order valence-corrected chi connectivity index (χ0v) is 10.3. The number of aliphatic carboxylic acids is 1. The van der Waals surface area contributed by atoms with Crippen LogP contribution in [0.2, 0.25) is 0 Å². The molecule has 1 rings (SSSR count). The number of carbonyl (C=O) groups is 2. The van der Waals surface area contributed by atoms with Crippen molar-refractivity contribution >= 4 is 23.6 Å². The first-order valence-corrected chi connectivity index (χ1v) is 6.62. The first-order valence-electron chi connectivity index (χ1n) is 5.47. The van der Waals surface area contributed by atoms with Gasteiger partial charge < -0.3 is 15.3 Å². The van der Waals surface area contributed by atoms with Crippen molar-refractivity contribution in [3.63, 3.8) is 0 Å². The summed E-state index contributed by atoms with van der Waals surface area (Å²) in [6.45, 7) is 3.58. The van der Waals surface area contributed by atoms with E-state index >= 15 is 0 Å². The summed E-state index contributed by atoms with van der Waals surface area (Å²) in [5.41, 5.74) is 0. The normalized spacial score (nSPS) is 20.4. The van der Waals surface area contributed by atoms with Crippen LogP contribution in [0.25, 0.3) is 0 Å². The van der Waals surface area contributed by atoms with Gasteiger partial charge in [0.2, 0.25) is 5.91 Å². The van der Waals surface area contributed by atoms with E-state index in [1.165, 1.54) is 0 Å². The molecule has 2 N–H and O–H groups in total. The van der Waals surface area contributed by atoms with Gasteiger partial charge in [-0.05, 0) is 6.92 Å². The van der Waals surface area contributed by atoms with Crippen molar-refractivity contribution < 1.29 is 14.7 Å². The second kappa shape index (κ2) is 6.75. The van der Waals surface area contributed by atoms with E-state index < -0.39 is 5.97 Å². The Morgan fingerprint density at radius 2 is 2.31 bits per heavy atom. The average Bonchev–Trinajstić information content (AvgIpc) is 2.30. The second-order valence-corrected chi connectivity index (χ2v) is 4.79. The lowest BCUT2D eigenvalue weighted by Gasteiger charge is -2.28. The van der Waals surface area contributed by atoms with Crippen molar-refractivity contribution in [2.75, 3.05) is 31.1 Å². The monoisotopic (exact) mass is 246 g/mol. The van der Waals surface area contributed by atoms with E-state index in [4.69, 9.17) is 5.11 Å². The predicted molar refractivity (Wildman–Crippen MR) is 63.6 cm³/mol. The minimum atomic E-state index is -0.864. The number of carboxylic acid groups (broad SMARTS) is 1. The zero-order valence-electron chi connectivity index (χ0n) is 9.44. The van der Waals surface area contributed by atoms with Crippen molar-refractivity contribution in [3.8, 4) is 0 Å². The van der Waals surface area contributed by atoms with Gasteiger partial charge in [0.15, 0.2) is 0 Å². The van der Waals surface area contributed by atoms with Crippen LogP contribution in [-0.4, -0.2) is 59.1 Å². The van der Waals surface area contributed by atoms with Crippen LogP contribution in [0.5, 0.6) is 0 Å². The minimum absolute atomic E-state index is 0.0133. The fourth-order valence-corrected chi connectivity index (χ4v) is 2.52. The Balaban J connectivity index is 2.44. The number of carboxylic acids is 1. The first kappa shape index (κ1) is 13.3. The van der Waals surface area contributed by atoms with Crippen molar-refractivity contribution in [1.29, 1.82) is 0 Å². The summed E-state index contributed by atoms with van der Waals surface area (Å²) < 4.78 is 0. The molecule has 0 aromatic rings. The quantitative estimate of drug-likeness (QED) is 0.715. The molecule has 0 bridgehead atoms. The highest BCUT2D eigenvalue weighted by Crippen LogP contribution is 2.10. The molecule has 1 aliphatic rings. The Morgan fingerprint density at radius 3 is 2.81 bits per heavy atom. The molecule has 1 amide bonds. The average molecular weight is 246 g/mol. The third-order valence-electron chi connectivity index (χ3n) is 2.51. The van der Waals surface area contributed by atoms with Crippen LogP contribution in [-0.2, 0) is 9.59 Å². The Morgan fingerprint density at radius 1 is 1.56 bits per heavy atom. The Labute approximate surface area is 99.6 Å². The molecule has 16 heavy (non-hydrogen) atoms. The number of hydrogen-bond acceptors (Lipinski definition) is 4. The third kappa shape index (κ3) is 4.02. The smallest absolute Gasteiger partial charge is 0.305 e. The molecule has 92 valence electrons. The van der Waals surface area contributed by atoms with Crippen LogP contribution in [0.1, 0.15) is 13.3 Å². The summed E-state index contributed by atoms with van der Waals surface area (Å²) in [6, 6.07) is -0.146. The molecule has 1 atom stereocenters. The molecule has 0 aromatic carbocycles. The zero-order chi connectivity index (χ0) is 12.0. The summed E-state index contributed by atoms with van der Waals surface area (Å²) in [6.07, 6.45) is 0.0133. The van der Waals surface area contributed by atoms with Crippen LogP contribution in [0.3, 0.4) is 0 Å². The standard InChI is InChI=1S/C10H18N2O3S/c1-2-12(5-3-9(13)14)10(15)8-7-16-6-4-11-8/h8,11H,2-7H2,1H3,(H,13,14). The van der Waals surface area contributed by atoms with E-state index in [9.17, 15) is 9.59 Å². The van der Waals surface area contributed by atoms with Crippen molar-refractivity contribution in [2.24, 2.45) is 0 Å². The number of likely N-dealkylation sites (N-methyl/N-ethyl adjacent to an activating group) is 1. The van der Waals surface area contributed by atoms with Gasteiger partial charge in [-0.3, -0.25) is 9.59 Å². The number of nitrogens with one attached hydrogen (secondary N) is 1. The molecular weight excluding hydrogens is 228 g/mol. The summed E-state index contributed by atoms with van der Waals surface area (Å²) >= 11 is 1.76. The van der Waals surface area contributed by atoms with E-state index in [2.05, 4.69) is 5.32 Å². The van der Waals surface area contributed by atoms with Crippen molar-refractivity contribution in [2.45, 2.75) is 19.4 Å². The molecule has 5 nitrogen and oxygen atoms in total. The predicted octanol–water partition coefficient (Wildman–Crippen LogP) is 0.0146. The molecule has 0 radical (unpaired) electrons. The van der Waals surface area contributed by atoms with Gasteiger partial charge in [-0.25, -0.2) is 0 Å². The lowest BCUT2D eigenvalue weighted by Crippen LogP contribution is -2.50. The molecular formula is C10H18N2O3S. The molecule has 1 fully saturated rings. The molecule has 0 spiro atoms. The maximum atomic E-state index is 12.0. The number of rotatable bonds is 5. The van der Waals surface area contributed by atoms with E-state index in [-0.39, 0.29) is 18.4 Å². The van der Waals surface area contributed by atoms with E-state index in [1.807, 2.05) is 6.92 Å². The number of nitrogens with zero attached hydrogens (tertiary/aromatic N) is 1. The van der Waals surface area contributed by atoms with Crippen molar-refractivity contribution in [1.82, 2.24) is 10.2 Å². The second-order valence-electron chi connectivity index (χ2n) is 3.64. The van der Waals surface area contributed by atoms with Gasteiger partial charge in [0.25, 0.3) is 0 Å². The molecule has 0 aromatic heterocycles. The minimum Gasteiger partial charge on any atom is -0.481 e. The molecule has 0 aliphatic carbocycles. The van der Waals surface area contributed by atoms with Gasteiger partial charge >= 0.3 is 5.97 Å². The number of carbonyl (C=O) groups excluding carboxylic acids is 1. The highest BCUT2D eigenvalue weighted by Gasteiger charge is 2.25. The molecule has 0 saturated carbocycles. The van der Waals surface area contributed by atoms with Gasteiger partial charge in [-0.2, -0.15) is 11.8 Å². The van der Waals surface area contributed by atoms with Crippen LogP contribution in [0.15, 0.2) is 0 Å². The number of thioether (sulfide) groups is 1. The summed E-state index contributed by atoms with van der Waals surface area (Å²) in [4.78, 5) is 24.1. The molecule has 1 saturated heterocycles. The van der Waals surface area contributed by atoms with Crippen LogP contribution >= 0.6 is 11.8 Å². The molecule has 1 unspecified atom stereocenters. The Bertz CT molecular complexity index is 254. The topological polar surface area (TPSA) is 69.6 Å². The highest BCUT2D eigenvalue weighted by molar-refractivity contribution is 7.99. The van der Waals surface area contributed by atoms with Gasteiger partial charge in [-0.15, -0.1) is 0 Å². The summed E-state index contributed by atoms with van der Waals surface area (Å²) in [7, 11) is 0. The molecule has 6 heteroatoms. The summed E-state index contributed by atoms with van der Waals surface area (Å²) in [5, 5.41) is 11.8. The lowest BCUT2D eigenvalue weighted by molar-refractivity contribution is -0.138. The van der Waals surface area contributed by atoms with Gasteiger partial charge in [0, 0.05) is 31.1 Å². The third-order valence-corrected chi connectivity index (χ3v) is 3.57. The van der Waals surface area contributed by atoms with E-state index in [1.54, 1.807) is 16.7 Å². The Kier molecular flexibility index (Phi) is 5.62. The van der Waals surface area contributed by atoms with Crippen LogP contribution in [0, 0.1) is 0 Å². The van der Waals surface area contributed by atoms with E-state index in [0.29, 0.717) is 13.1 Å². The van der Waals surface area contributed by atoms with Gasteiger partial charge in [0.1, 0.15) is 0 Å².